The third-order valence-electron chi connectivity index (χ3n) is 10.2. The van der Waals surface area contributed by atoms with E-state index in [1.165, 1.54) is 0 Å². The molecule has 0 saturated heterocycles. The van der Waals surface area contributed by atoms with Crippen molar-refractivity contribution in [1.29, 1.82) is 0 Å². The summed E-state index contributed by atoms with van der Waals surface area (Å²) in [5.74, 6) is 6.72. The first-order valence-corrected chi connectivity index (χ1v) is 20.4. The van der Waals surface area contributed by atoms with Gasteiger partial charge < -0.3 is 28.4 Å². The van der Waals surface area contributed by atoms with Crippen molar-refractivity contribution in [3.05, 3.63) is 212 Å². The summed E-state index contributed by atoms with van der Waals surface area (Å²) in [4.78, 5) is 0. The topological polar surface area (TPSA) is 55.4 Å². The molecule has 0 N–H and O–H groups in total. The molecule has 0 saturated carbocycles. The summed E-state index contributed by atoms with van der Waals surface area (Å²) in [5, 5.41) is 2.29. The lowest BCUT2D eigenvalue weighted by Gasteiger charge is -2.38. The molecule has 0 aliphatic carbocycles. The number of ether oxygens (including phenoxy) is 6. The zero-order valence-electron chi connectivity index (χ0n) is 31.3. The molecule has 2 aliphatic rings. The summed E-state index contributed by atoms with van der Waals surface area (Å²) in [6, 6.07) is 52.7. The maximum absolute atomic E-state index is 6.76. The van der Waals surface area contributed by atoms with E-state index >= 15 is 0 Å². The molecule has 0 aromatic heterocycles. The Labute approximate surface area is 365 Å². The number of benzene rings is 8. The van der Waals surface area contributed by atoms with Crippen LogP contribution in [0.4, 0.5) is 0 Å². The van der Waals surface area contributed by atoms with E-state index in [1.54, 1.807) is 48.5 Å². The van der Waals surface area contributed by atoms with E-state index < -0.39 is 0 Å². The maximum atomic E-state index is 6.76. The van der Waals surface area contributed by atoms with Crippen molar-refractivity contribution in [1.82, 2.24) is 0 Å². The van der Waals surface area contributed by atoms with Crippen LogP contribution < -0.4 is 28.4 Å². The van der Waals surface area contributed by atoms with Gasteiger partial charge in [-0.15, -0.1) is 0 Å². The van der Waals surface area contributed by atoms with Gasteiger partial charge in [-0.1, -0.05) is 94.9 Å². The van der Waals surface area contributed by atoms with Crippen molar-refractivity contribution < 1.29 is 28.4 Å². The van der Waals surface area contributed by atoms with Gasteiger partial charge in [0.1, 0.15) is 69.0 Å². The van der Waals surface area contributed by atoms with Gasteiger partial charge in [-0.05, 0) is 97.1 Å². The molecule has 0 spiro atoms. The lowest BCUT2D eigenvalue weighted by molar-refractivity contribution is 0.400. The number of rotatable bonds is 9. The second kappa shape index (κ2) is 16.1. The fourth-order valence-electron chi connectivity index (χ4n) is 7.65. The van der Waals surface area contributed by atoms with Crippen LogP contribution in [0.1, 0.15) is 34.1 Å². The van der Waals surface area contributed by atoms with E-state index in [1.807, 2.05) is 97.1 Å². The Morgan fingerprint density at radius 2 is 0.517 bits per heavy atom. The molecule has 8 aromatic rings. The number of halogens is 4. The van der Waals surface area contributed by atoms with Crippen LogP contribution in [-0.4, -0.2) is 0 Å². The molecule has 0 radical (unpaired) electrons. The van der Waals surface area contributed by atoms with E-state index in [-0.39, 0.29) is 11.8 Å². The standard InChI is InChI=1S/C50H30Cl4O6/c51-29-5-1-9-33(21-29)55-37-13-17-41-45(25-37)59-46-26-38(56-34-10-2-6-30(52)22-34)14-18-42(46)49(41)50-43-19-15-39(57-35-11-3-7-31(53)23-35)27-47(43)60-48-28-40(16-20-44(48)50)58-36-12-4-8-32(54)24-36/h1-28,49-50H. The van der Waals surface area contributed by atoms with Gasteiger partial charge in [-0.25, -0.2) is 0 Å². The van der Waals surface area contributed by atoms with Crippen molar-refractivity contribution in [2.75, 3.05) is 0 Å². The van der Waals surface area contributed by atoms with E-state index in [4.69, 9.17) is 74.8 Å². The zero-order valence-corrected chi connectivity index (χ0v) is 34.3. The zero-order chi connectivity index (χ0) is 40.7. The van der Waals surface area contributed by atoms with E-state index in [0.717, 1.165) is 22.3 Å². The summed E-state index contributed by atoms with van der Waals surface area (Å²) in [5.41, 5.74) is 3.80. The summed E-state index contributed by atoms with van der Waals surface area (Å²) in [6.07, 6.45) is 0. The maximum Gasteiger partial charge on any atom is 0.135 e. The van der Waals surface area contributed by atoms with Crippen LogP contribution in [0, 0.1) is 0 Å². The van der Waals surface area contributed by atoms with Gasteiger partial charge in [-0.3, -0.25) is 0 Å². The molecule has 294 valence electrons. The van der Waals surface area contributed by atoms with Crippen LogP contribution in [0.25, 0.3) is 0 Å². The molecule has 0 unspecified atom stereocenters. The minimum absolute atomic E-state index is 0.273. The minimum atomic E-state index is -0.273. The molecule has 2 aliphatic heterocycles. The fraction of sp³-hybridized carbons (Fsp3) is 0.0400. The average molecular weight is 869 g/mol. The summed E-state index contributed by atoms with van der Waals surface area (Å²) in [6.45, 7) is 0. The van der Waals surface area contributed by atoms with Crippen LogP contribution in [0.15, 0.2) is 170 Å². The first kappa shape index (κ1) is 38.0. The Morgan fingerprint density at radius 1 is 0.283 bits per heavy atom. The molecule has 8 aromatic carbocycles. The predicted octanol–water partition coefficient (Wildman–Crippen LogP) is 16.6. The van der Waals surface area contributed by atoms with Crippen molar-refractivity contribution >= 4 is 46.4 Å². The molecule has 60 heavy (non-hydrogen) atoms. The summed E-state index contributed by atoms with van der Waals surface area (Å²) in [7, 11) is 0. The summed E-state index contributed by atoms with van der Waals surface area (Å²) >= 11 is 25.2. The molecular formula is C50H30Cl4O6. The fourth-order valence-corrected chi connectivity index (χ4v) is 8.37. The van der Waals surface area contributed by atoms with E-state index in [9.17, 15) is 0 Å². The Kier molecular flexibility index (Phi) is 10.2. The van der Waals surface area contributed by atoms with Gasteiger partial charge in [0.25, 0.3) is 0 Å². The third kappa shape index (κ3) is 7.91. The number of fused-ring (bicyclic) bond motifs is 4. The Hall–Kier alpha value is -6.28. The normalized spacial score (nSPS) is 12.8. The second-order valence-electron chi connectivity index (χ2n) is 14.2. The lowest BCUT2D eigenvalue weighted by atomic mass is 9.71. The van der Waals surface area contributed by atoms with Crippen LogP contribution in [0.3, 0.4) is 0 Å². The number of hydrogen-bond acceptors (Lipinski definition) is 6. The summed E-state index contributed by atoms with van der Waals surface area (Å²) < 4.78 is 38.7. The Morgan fingerprint density at radius 3 is 0.750 bits per heavy atom. The van der Waals surface area contributed by atoms with Gasteiger partial charge in [0, 0.05) is 78.4 Å². The predicted molar refractivity (Wildman–Crippen MR) is 236 cm³/mol. The van der Waals surface area contributed by atoms with Crippen LogP contribution in [0.5, 0.6) is 69.0 Å². The van der Waals surface area contributed by atoms with Crippen molar-refractivity contribution in [2.45, 2.75) is 11.8 Å². The Bertz CT molecular complexity index is 2540. The molecule has 2 heterocycles. The number of hydrogen-bond donors (Lipinski definition) is 0. The first-order chi connectivity index (χ1) is 29.3. The van der Waals surface area contributed by atoms with Crippen LogP contribution >= 0.6 is 46.4 Å². The molecular weight excluding hydrogens is 838 g/mol. The monoisotopic (exact) mass is 866 g/mol. The van der Waals surface area contributed by atoms with Gasteiger partial charge in [0.2, 0.25) is 0 Å². The van der Waals surface area contributed by atoms with Crippen LogP contribution in [0.2, 0.25) is 20.1 Å². The molecule has 6 nitrogen and oxygen atoms in total. The highest BCUT2D eigenvalue weighted by Crippen LogP contribution is 2.59. The molecule has 0 bridgehead atoms. The van der Waals surface area contributed by atoms with Crippen molar-refractivity contribution in [3.8, 4) is 69.0 Å². The average Bonchev–Trinajstić information content (AvgIpc) is 3.22. The first-order valence-electron chi connectivity index (χ1n) is 18.9. The Balaban J connectivity index is 1.11. The highest BCUT2D eigenvalue weighted by molar-refractivity contribution is 6.31. The highest BCUT2D eigenvalue weighted by Gasteiger charge is 2.41. The van der Waals surface area contributed by atoms with Crippen molar-refractivity contribution in [2.24, 2.45) is 0 Å². The van der Waals surface area contributed by atoms with Gasteiger partial charge in [0.15, 0.2) is 0 Å². The highest BCUT2D eigenvalue weighted by atomic mass is 35.5. The quantitative estimate of drug-likeness (QED) is 0.144. The van der Waals surface area contributed by atoms with E-state index in [0.29, 0.717) is 89.1 Å². The molecule has 0 atom stereocenters. The minimum Gasteiger partial charge on any atom is -0.457 e. The second-order valence-corrected chi connectivity index (χ2v) is 15.9. The molecule has 0 amide bonds. The molecule has 10 heteroatoms. The van der Waals surface area contributed by atoms with Crippen molar-refractivity contribution in [3.63, 3.8) is 0 Å². The smallest absolute Gasteiger partial charge is 0.135 e. The largest absolute Gasteiger partial charge is 0.457 e. The van der Waals surface area contributed by atoms with Gasteiger partial charge >= 0.3 is 0 Å². The van der Waals surface area contributed by atoms with E-state index in [2.05, 4.69) is 24.3 Å². The van der Waals surface area contributed by atoms with Gasteiger partial charge in [-0.2, -0.15) is 0 Å². The molecule has 10 rings (SSSR count). The third-order valence-corrected chi connectivity index (χ3v) is 11.1. The molecule has 0 fully saturated rings. The lowest BCUT2D eigenvalue weighted by Crippen LogP contribution is -2.22. The SMILES string of the molecule is Clc1cccc(Oc2ccc3c(c2)Oc2cc(Oc4cccc(Cl)c4)ccc2C3C2c3ccc(Oc4cccc(Cl)c4)cc3Oc3cc(Oc4cccc(Cl)c4)ccc32)c1. The van der Waals surface area contributed by atoms with Gasteiger partial charge in [0.05, 0.1) is 0 Å². The van der Waals surface area contributed by atoms with Crippen LogP contribution in [-0.2, 0) is 0 Å².